The Balaban J connectivity index is 1.74. The molecule has 1 amide bonds. The van der Waals surface area contributed by atoms with Gasteiger partial charge in [0.2, 0.25) is 0 Å². The van der Waals surface area contributed by atoms with E-state index >= 15 is 0 Å². The van der Waals surface area contributed by atoms with E-state index in [0.717, 1.165) is 17.7 Å². The monoisotopic (exact) mass is 312 g/mol. The maximum atomic E-state index is 11.6. The molecule has 0 aliphatic carbocycles. The highest BCUT2D eigenvalue weighted by atomic mass is 16.5. The largest absolute Gasteiger partial charge is 0.494 e. The van der Waals surface area contributed by atoms with Crippen molar-refractivity contribution in [2.75, 3.05) is 13.2 Å². The number of ether oxygens (including phenoxy) is 2. The average molecular weight is 312 g/mol. The van der Waals surface area contributed by atoms with Crippen LogP contribution >= 0.6 is 0 Å². The van der Waals surface area contributed by atoms with E-state index in [1.165, 1.54) is 0 Å². The van der Waals surface area contributed by atoms with Crippen LogP contribution in [-0.4, -0.2) is 25.3 Å². The Labute approximate surface area is 135 Å². The van der Waals surface area contributed by atoms with Gasteiger partial charge in [-0.3, -0.25) is 4.79 Å². The van der Waals surface area contributed by atoms with Crippen LogP contribution in [0.1, 0.15) is 18.9 Å². The standard InChI is InChI=1S/C18H20N2O3/c1-2-12-22-17-10-8-15(9-11-17)13-19-20-18(21)14-23-16-6-4-3-5-7-16/h3-11,13H,2,12,14H2,1H3,(H,20,21)/b19-13-. The van der Waals surface area contributed by atoms with Crippen molar-refractivity contribution < 1.29 is 14.3 Å². The molecule has 0 fully saturated rings. The molecule has 0 atom stereocenters. The summed E-state index contributed by atoms with van der Waals surface area (Å²) in [6, 6.07) is 16.7. The minimum absolute atomic E-state index is 0.0782. The first-order valence-corrected chi connectivity index (χ1v) is 7.50. The predicted molar refractivity (Wildman–Crippen MR) is 89.9 cm³/mol. The van der Waals surface area contributed by atoms with Crippen LogP contribution < -0.4 is 14.9 Å². The summed E-state index contributed by atoms with van der Waals surface area (Å²) >= 11 is 0. The third-order valence-electron chi connectivity index (χ3n) is 2.87. The van der Waals surface area contributed by atoms with Crippen molar-refractivity contribution in [2.24, 2.45) is 5.10 Å². The molecule has 2 aromatic carbocycles. The molecule has 0 spiro atoms. The summed E-state index contributed by atoms with van der Waals surface area (Å²) in [5.74, 6) is 1.16. The zero-order valence-electron chi connectivity index (χ0n) is 13.1. The number of hydrogen-bond acceptors (Lipinski definition) is 4. The van der Waals surface area contributed by atoms with Crippen LogP contribution in [0.4, 0.5) is 0 Å². The van der Waals surface area contributed by atoms with E-state index in [0.29, 0.717) is 12.4 Å². The summed E-state index contributed by atoms with van der Waals surface area (Å²) in [4.78, 5) is 11.6. The maximum absolute atomic E-state index is 11.6. The molecular formula is C18H20N2O3. The van der Waals surface area contributed by atoms with Gasteiger partial charge < -0.3 is 9.47 Å². The zero-order chi connectivity index (χ0) is 16.3. The number of benzene rings is 2. The Bertz CT molecular complexity index is 624. The summed E-state index contributed by atoms with van der Waals surface area (Å²) in [5.41, 5.74) is 3.30. The lowest BCUT2D eigenvalue weighted by atomic mass is 10.2. The normalized spacial score (nSPS) is 10.5. The molecule has 0 radical (unpaired) electrons. The first-order chi connectivity index (χ1) is 11.3. The van der Waals surface area contributed by atoms with Crippen molar-refractivity contribution in [3.8, 4) is 11.5 Å². The van der Waals surface area contributed by atoms with Gasteiger partial charge in [-0.05, 0) is 48.4 Å². The number of nitrogens with one attached hydrogen (secondary N) is 1. The van der Waals surface area contributed by atoms with Gasteiger partial charge in [0.05, 0.1) is 12.8 Å². The van der Waals surface area contributed by atoms with E-state index in [1.807, 2.05) is 42.5 Å². The van der Waals surface area contributed by atoms with Gasteiger partial charge in [-0.1, -0.05) is 25.1 Å². The molecule has 2 rings (SSSR count). The molecule has 5 nitrogen and oxygen atoms in total. The van der Waals surface area contributed by atoms with Crippen molar-refractivity contribution in [1.29, 1.82) is 0 Å². The van der Waals surface area contributed by atoms with E-state index in [4.69, 9.17) is 9.47 Å². The van der Waals surface area contributed by atoms with E-state index in [1.54, 1.807) is 18.3 Å². The molecule has 0 saturated heterocycles. The maximum Gasteiger partial charge on any atom is 0.277 e. The van der Waals surface area contributed by atoms with Crippen LogP contribution in [0.15, 0.2) is 59.7 Å². The molecule has 0 aromatic heterocycles. The highest BCUT2D eigenvalue weighted by Crippen LogP contribution is 2.11. The molecule has 0 saturated carbocycles. The van der Waals surface area contributed by atoms with Gasteiger partial charge in [-0.25, -0.2) is 5.43 Å². The van der Waals surface area contributed by atoms with Crippen molar-refractivity contribution in [3.05, 3.63) is 60.2 Å². The third kappa shape index (κ3) is 6.22. The number of hydrogen-bond donors (Lipinski definition) is 1. The molecule has 120 valence electrons. The lowest BCUT2D eigenvalue weighted by molar-refractivity contribution is -0.123. The number of nitrogens with zero attached hydrogens (tertiary/aromatic N) is 1. The molecule has 1 N–H and O–H groups in total. The fraction of sp³-hybridized carbons (Fsp3) is 0.222. The zero-order valence-corrected chi connectivity index (χ0v) is 13.1. The van der Waals surface area contributed by atoms with Crippen LogP contribution in [0.25, 0.3) is 0 Å². The van der Waals surface area contributed by atoms with Crippen LogP contribution in [0.2, 0.25) is 0 Å². The smallest absolute Gasteiger partial charge is 0.277 e. The fourth-order valence-corrected chi connectivity index (χ4v) is 1.75. The number of carbonyl (C=O) groups is 1. The summed E-state index contributed by atoms with van der Waals surface area (Å²) in [6.45, 7) is 2.68. The van der Waals surface area contributed by atoms with Gasteiger partial charge in [0, 0.05) is 0 Å². The highest BCUT2D eigenvalue weighted by Gasteiger charge is 2.00. The Kier molecular flexibility index (Phi) is 6.65. The molecule has 0 aliphatic rings. The first-order valence-electron chi connectivity index (χ1n) is 7.50. The van der Waals surface area contributed by atoms with E-state index in [9.17, 15) is 4.79 Å². The number of rotatable bonds is 8. The van der Waals surface area contributed by atoms with Crippen LogP contribution in [0.5, 0.6) is 11.5 Å². The Morgan fingerprint density at radius 1 is 1.04 bits per heavy atom. The topological polar surface area (TPSA) is 59.9 Å². The van der Waals surface area contributed by atoms with Crippen molar-refractivity contribution in [1.82, 2.24) is 5.43 Å². The number of carbonyl (C=O) groups excluding carboxylic acids is 1. The highest BCUT2D eigenvalue weighted by molar-refractivity contribution is 5.83. The van der Waals surface area contributed by atoms with Crippen LogP contribution in [0.3, 0.4) is 0 Å². The summed E-state index contributed by atoms with van der Waals surface area (Å²) in [7, 11) is 0. The minimum atomic E-state index is -0.312. The van der Waals surface area contributed by atoms with Gasteiger partial charge >= 0.3 is 0 Å². The minimum Gasteiger partial charge on any atom is -0.494 e. The molecule has 0 bridgehead atoms. The van der Waals surface area contributed by atoms with Crippen LogP contribution in [0, 0.1) is 0 Å². The second-order valence-electron chi connectivity index (χ2n) is 4.81. The fourth-order valence-electron chi connectivity index (χ4n) is 1.75. The molecule has 0 heterocycles. The second-order valence-corrected chi connectivity index (χ2v) is 4.81. The number of hydrazone groups is 1. The van der Waals surface area contributed by atoms with E-state index < -0.39 is 0 Å². The van der Waals surface area contributed by atoms with E-state index in [2.05, 4.69) is 17.5 Å². The lowest BCUT2D eigenvalue weighted by Crippen LogP contribution is -2.24. The number of para-hydroxylation sites is 1. The average Bonchev–Trinajstić information content (AvgIpc) is 2.60. The number of amides is 1. The quantitative estimate of drug-likeness (QED) is 0.602. The molecule has 5 heteroatoms. The summed E-state index contributed by atoms with van der Waals surface area (Å²) in [6.07, 6.45) is 2.55. The summed E-state index contributed by atoms with van der Waals surface area (Å²) < 4.78 is 10.8. The van der Waals surface area contributed by atoms with Crippen molar-refractivity contribution >= 4 is 12.1 Å². The molecular weight excluding hydrogens is 292 g/mol. The Morgan fingerprint density at radius 2 is 1.74 bits per heavy atom. The molecule has 2 aromatic rings. The van der Waals surface area contributed by atoms with E-state index in [-0.39, 0.29) is 12.5 Å². The van der Waals surface area contributed by atoms with Gasteiger partial charge in [0.15, 0.2) is 6.61 Å². The first kappa shape index (κ1) is 16.5. The van der Waals surface area contributed by atoms with Gasteiger partial charge in [-0.15, -0.1) is 0 Å². The predicted octanol–water partition coefficient (Wildman–Crippen LogP) is 3.00. The van der Waals surface area contributed by atoms with Gasteiger partial charge in [-0.2, -0.15) is 5.10 Å². The summed E-state index contributed by atoms with van der Waals surface area (Å²) in [5, 5.41) is 3.90. The lowest BCUT2D eigenvalue weighted by Gasteiger charge is -2.05. The van der Waals surface area contributed by atoms with Gasteiger partial charge in [0.25, 0.3) is 5.91 Å². The molecule has 0 aliphatic heterocycles. The Hall–Kier alpha value is -2.82. The second kappa shape index (κ2) is 9.25. The van der Waals surface area contributed by atoms with Crippen molar-refractivity contribution in [2.45, 2.75) is 13.3 Å². The Morgan fingerprint density at radius 3 is 2.43 bits per heavy atom. The van der Waals surface area contributed by atoms with Crippen LogP contribution in [-0.2, 0) is 4.79 Å². The van der Waals surface area contributed by atoms with Gasteiger partial charge in [0.1, 0.15) is 11.5 Å². The van der Waals surface area contributed by atoms with Crippen molar-refractivity contribution in [3.63, 3.8) is 0 Å². The molecule has 0 unspecified atom stereocenters. The SMILES string of the molecule is CCCOc1ccc(/C=N\NC(=O)COc2ccccc2)cc1. The third-order valence-corrected chi connectivity index (χ3v) is 2.87. The molecule has 23 heavy (non-hydrogen) atoms.